The first kappa shape index (κ1) is 18.5. The van der Waals surface area contributed by atoms with E-state index in [0.717, 1.165) is 29.1 Å². The van der Waals surface area contributed by atoms with E-state index in [1.165, 1.54) is 12.1 Å². The molecule has 27 heavy (non-hydrogen) atoms. The summed E-state index contributed by atoms with van der Waals surface area (Å²) in [4.78, 5) is 30.1. The maximum Gasteiger partial charge on any atom is 0.338 e. The highest BCUT2D eigenvalue weighted by Gasteiger charge is 2.24. The smallest absolute Gasteiger partial charge is 0.338 e. The summed E-state index contributed by atoms with van der Waals surface area (Å²) in [5.41, 5.74) is 1.93. The number of aromatic hydroxyl groups is 1. The number of nitrogens with one attached hydrogen (secondary N) is 1. The van der Waals surface area contributed by atoms with Gasteiger partial charge in [-0.3, -0.25) is 4.79 Å². The summed E-state index contributed by atoms with van der Waals surface area (Å²) >= 11 is 1.13. The van der Waals surface area contributed by atoms with Gasteiger partial charge in [0.2, 0.25) is 0 Å². The van der Waals surface area contributed by atoms with Gasteiger partial charge >= 0.3 is 5.97 Å². The number of thioether (sulfide) groups is 1. The number of phenols is 1. The van der Waals surface area contributed by atoms with Crippen LogP contribution in [0.25, 0.3) is 6.08 Å². The predicted molar refractivity (Wildman–Crippen MR) is 107 cm³/mol. The van der Waals surface area contributed by atoms with E-state index in [1.54, 1.807) is 6.08 Å². The molecular formula is C19H17N3O4S. The van der Waals surface area contributed by atoms with Crippen molar-refractivity contribution in [3.05, 3.63) is 58.5 Å². The van der Waals surface area contributed by atoms with Crippen molar-refractivity contribution >= 4 is 46.3 Å². The van der Waals surface area contributed by atoms with Crippen LogP contribution in [0.5, 0.6) is 5.75 Å². The number of amidine groups is 1. The summed E-state index contributed by atoms with van der Waals surface area (Å²) in [6, 6.07) is 11.6. The molecule has 1 amide bonds. The molecule has 1 aliphatic rings. The van der Waals surface area contributed by atoms with Gasteiger partial charge in [-0.1, -0.05) is 12.1 Å². The lowest BCUT2D eigenvalue weighted by Crippen LogP contribution is -2.19. The lowest BCUT2D eigenvalue weighted by Gasteiger charge is -2.11. The zero-order chi connectivity index (χ0) is 19.6. The van der Waals surface area contributed by atoms with E-state index in [2.05, 4.69) is 10.3 Å². The second kappa shape index (κ2) is 7.55. The lowest BCUT2D eigenvalue weighted by molar-refractivity contribution is -0.115. The van der Waals surface area contributed by atoms with Crippen LogP contribution in [0.2, 0.25) is 0 Å². The predicted octanol–water partition coefficient (Wildman–Crippen LogP) is 3.05. The molecule has 0 spiro atoms. The van der Waals surface area contributed by atoms with E-state index in [-0.39, 0.29) is 28.1 Å². The fraction of sp³-hybridized carbons (Fsp3) is 0.105. The van der Waals surface area contributed by atoms with Gasteiger partial charge in [0.15, 0.2) is 5.17 Å². The number of carbonyl (C=O) groups is 2. The Bertz CT molecular complexity index is 965. The number of nitrogens with zero attached hydrogens (tertiary/aromatic N) is 2. The van der Waals surface area contributed by atoms with Crippen molar-refractivity contribution in [3.63, 3.8) is 0 Å². The van der Waals surface area contributed by atoms with Gasteiger partial charge in [0.1, 0.15) is 5.75 Å². The molecule has 1 saturated heterocycles. The molecule has 3 N–H and O–H groups in total. The molecule has 8 heteroatoms. The first-order valence-electron chi connectivity index (χ1n) is 7.97. The normalized spacial score (nSPS) is 16.6. The highest BCUT2D eigenvalue weighted by atomic mass is 32.2. The standard InChI is InChI=1S/C19H17N3O4S/c1-22(2)12-5-3-11(4-6-12)9-16-17(24)21-19(27-16)20-15-8-7-13(23)10-14(15)18(25)26/h3-10,23H,1-2H3,(H,25,26)(H,20,21,24)/b16-9-. The van der Waals surface area contributed by atoms with Gasteiger partial charge in [-0.25, -0.2) is 9.79 Å². The van der Waals surface area contributed by atoms with Crippen molar-refractivity contribution in [2.45, 2.75) is 0 Å². The van der Waals surface area contributed by atoms with Crippen LogP contribution in [0.4, 0.5) is 11.4 Å². The topological polar surface area (TPSA) is 102 Å². The van der Waals surface area contributed by atoms with Crippen molar-refractivity contribution in [3.8, 4) is 5.75 Å². The molecule has 0 atom stereocenters. The van der Waals surface area contributed by atoms with E-state index in [4.69, 9.17) is 0 Å². The third kappa shape index (κ3) is 4.29. The van der Waals surface area contributed by atoms with Gasteiger partial charge in [-0.2, -0.15) is 0 Å². The molecule has 1 fully saturated rings. The van der Waals surface area contributed by atoms with E-state index in [9.17, 15) is 19.8 Å². The number of amides is 1. The Labute approximate surface area is 160 Å². The van der Waals surface area contributed by atoms with Crippen LogP contribution in [0.1, 0.15) is 15.9 Å². The quantitative estimate of drug-likeness (QED) is 0.702. The first-order chi connectivity index (χ1) is 12.8. The van der Waals surface area contributed by atoms with Crippen LogP contribution in [-0.4, -0.2) is 41.4 Å². The molecule has 0 saturated carbocycles. The second-order valence-electron chi connectivity index (χ2n) is 5.97. The number of carboxylic acids is 1. The van der Waals surface area contributed by atoms with Gasteiger partial charge < -0.3 is 20.4 Å². The molecule has 7 nitrogen and oxygen atoms in total. The van der Waals surface area contributed by atoms with Gasteiger partial charge in [-0.05, 0) is 53.7 Å². The maximum absolute atomic E-state index is 12.2. The SMILES string of the molecule is CN(C)c1ccc(/C=C2\SC(=Nc3ccc(O)cc3C(=O)O)NC2=O)cc1. The molecule has 0 unspecified atom stereocenters. The number of benzene rings is 2. The number of carboxylic acid groups (broad SMARTS) is 1. The average molecular weight is 383 g/mol. The highest BCUT2D eigenvalue weighted by molar-refractivity contribution is 8.18. The van der Waals surface area contributed by atoms with Gasteiger partial charge in [-0.15, -0.1) is 0 Å². The van der Waals surface area contributed by atoms with Crippen molar-refractivity contribution in [2.24, 2.45) is 4.99 Å². The van der Waals surface area contributed by atoms with Crippen molar-refractivity contribution in [1.29, 1.82) is 0 Å². The molecule has 0 bridgehead atoms. The van der Waals surface area contributed by atoms with Gasteiger partial charge in [0.05, 0.1) is 16.2 Å². The van der Waals surface area contributed by atoms with E-state index >= 15 is 0 Å². The molecule has 0 radical (unpaired) electrons. The van der Waals surface area contributed by atoms with Gasteiger partial charge in [0.25, 0.3) is 5.91 Å². The van der Waals surface area contributed by atoms with Crippen LogP contribution in [0.3, 0.4) is 0 Å². The van der Waals surface area contributed by atoms with Crippen LogP contribution in [-0.2, 0) is 4.79 Å². The zero-order valence-corrected chi connectivity index (χ0v) is 15.4. The third-order valence-corrected chi connectivity index (χ3v) is 4.70. The molecule has 2 aromatic carbocycles. The summed E-state index contributed by atoms with van der Waals surface area (Å²) < 4.78 is 0. The number of phenolic OH excluding ortho intramolecular Hbond substituents is 1. The Kier molecular flexibility index (Phi) is 5.18. The maximum atomic E-state index is 12.2. The Morgan fingerprint density at radius 1 is 1.19 bits per heavy atom. The van der Waals surface area contributed by atoms with Crippen LogP contribution in [0.15, 0.2) is 52.4 Å². The second-order valence-corrected chi connectivity index (χ2v) is 7.00. The van der Waals surface area contributed by atoms with E-state index < -0.39 is 5.97 Å². The lowest BCUT2D eigenvalue weighted by atomic mass is 10.2. The summed E-state index contributed by atoms with van der Waals surface area (Å²) in [7, 11) is 3.90. The molecule has 3 rings (SSSR count). The molecule has 2 aromatic rings. The Hall–Kier alpha value is -3.26. The zero-order valence-electron chi connectivity index (χ0n) is 14.6. The number of aliphatic imine (C=N–C) groups is 1. The Balaban J connectivity index is 1.85. The van der Waals surface area contributed by atoms with E-state index in [0.29, 0.717) is 4.91 Å². The number of anilines is 1. The van der Waals surface area contributed by atoms with Crippen molar-refractivity contribution < 1.29 is 19.8 Å². The highest BCUT2D eigenvalue weighted by Crippen LogP contribution is 2.30. The summed E-state index contributed by atoms with van der Waals surface area (Å²) in [6.45, 7) is 0. The summed E-state index contributed by atoms with van der Waals surface area (Å²) in [6.07, 6.45) is 1.75. The summed E-state index contributed by atoms with van der Waals surface area (Å²) in [5.74, 6) is -1.68. The van der Waals surface area contributed by atoms with Crippen LogP contribution < -0.4 is 10.2 Å². The Morgan fingerprint density at radius 2 is 1.89 bits per heavy atom. The van der Waals surface area contributed by atoms with Crippen LogP contribution >= 0.6 is 11.8 Å². The van der Waals surface area contributed by atoms with Crippen molar-refractivity contribution in [1.82, 2.24) is 5.32 Å². The largest absolute Gasteiger partial charge is 0.508 e. The van der Waals surface area contributed by atoms with Crippen LogP contribution in [0, 0.1) is 0 Å². The minimum atomic E-state index is -1.21. The molecular weight excluding hydrogens is 366 g/mol. The van der Waals surface area contributed by atoms with Gasteiger partial charge in [0, 0.05) is 19.8 Å². The van der Waals surface area contributed by atoms with E-state index in [1.807, 2.05) is 43.3 Å². The summed E-state index contributed by atoms with van der Waals surface area (Å²) in [5, 5.41) is 21.6. The minimum absolute atomic E-state index is 0.144. The fourth-order valence-corrected chi connectivity index (χ4v) is 3.24. The number of hydrogen-bond acceptors (Lipinski definition) is 6. The molecule has 0 aliphatic carbocycles. The monoisotopic (exact) mass is 383 g/mol. The number of hydrogen-bond donors (Lipinski definition) is 3. The molecule has 1 aliphatic heterocycles. The average Bonchev–Trinajstić information content (AvgIpc) is 2.96. The molecule has 1 heterocycles. The minimum Gasteiger partial charge on any atom is -0.508 e. The third-order valence-electron chi connectivity index (χ3n) is 3.79. The molecule has 0 aromatic heterocycles. The number of carbonyl (C=O) groups excluding carboxylic acids is 1. The first-order valence-corrected chi connectivity index (χ1v) is 8.78. The molecule has 138 valence electrons. The number of aromatic carboxylic acids is 1. The Morgan fingerprint density at radius 3 is 2.52 bits per heavy atom. The number of rotatable bonds is 4. The van der Waals surface area contributed by atoms with Crippen molar-refractivity contribution in [2.75, 3.05) is 19.0 Å². The fourth-order valence-electron chi connectivity index (χ4n) is 2.40.